The van der Waals surface area contributed by atoms with Crippen LogP contribution in [0.5, 0.6) is 0 Å². The highest BCUT2D eigenvalue weighted by atomic mass is 16.6. The van der Waals surface area contributed by atoms with Gasteiger partial charge in [-0.3, -0.25) is 25.1 Å². The molecule has 1 fully saturated rings. The van der Waals surface area contributed by atoms with Crippen molar-refractivity contribution in [2.75, 3.05) is 13.1 Å². The number of nitrogens with two attached hydrogens (primary N) is 1. The predicted octanol–water partition coefficient (Wildman–Crippen LogP) is 1.67. The molecule has 2 N–H and O–H groups in total. The first kappa shape index (κ1) is 15.3. The fraction of sp³-hybridized carbons (Fsp3) is 0.538. The SMILES string of the molecule is CC1CC(N)CN(Cc2ccc([N+](=O)[O-])cc2[N+](=O)[O-])C1. The molecule has 0 radical (unpaired) electrons. The second-order valence-corrected chi connectivity index (χ2v) is 5.62. The van der Waals surface area contributed by atoms with Gasteiger partial charge in [-0.05, 0) is 18.4 Å². The normalized spacial score (nSPS) is 23.0. The van der Waals surface area contributed by atoms with Gasteiger partial charge in [-0.25, -0.2) is 0 Å². The molecular weight excluding hydrogens is 276 g/mol. The molecule has 0 bridgehead atoms. The van der Waals surface area contributed by atoms with E-state index in [1.54, 1.807) is 0 Å². The standard InChI is InChI=1S/C13H18N4O4/c1-9-4-11(14)8-15(6-9)7-10-2-3-12(16(18)19)5-13(10)17(20)21/h2-3,5,9,11H,4,6-8,14H2,1H3. The average molecular weight is 294 g/mol. The number of nitro groups is 2. The zero-order valence-electron chi connectivity index (χ0n) is 11.8. The van der Waals surface area contributed by atoms with Gasteiger partial charge < -0.3 is 5.73 Å². The van der Waals surface area contributed by atoms with Gasteiger partial charge in [0, 0.05) is 37.3 Å². The van der Waals surface area contributed by atoms with Crippen molar-refractivity contribution in [1.82, 2.24) is 4.90 Å². The van der Waals surface area contributed by atoms with E-state index >= 15 is 0 Å². The van der Waals surface area contributed by atoms with Gasteiger partial charge in [-0.1, -0.05) is 6.92 Å². The third-order valence-corrected chi connectivity index (χ3v) is 3.64. The van der Waals surface area contributed by atoms with E-state index in [-0.39, 0.29) is 17.4 Å². The highest BCUT2D eigenvalue weighted by molar-refractivity contribution is 5.49. The zero-order chi connectivity index (χ0) is 15.6. The van der Waals surface area contributed by atoms with Crippen molar-refractivity contribution in [3.05, 3.63) is 44.0 Å². The third kappa shape index (κ3) is 3.73. The number of nitrogens with zero attached hydrogens (tertiary/aromatic N) is 3. The molecule has 0 aromatic heterocycles. The Bertz CT molecular complexity index is 553. The molecule has 2 unspecified atom stereocenters. The van der Waals surface area contributed by atoms with Crippen molar-refractivity contribution >= 4 is 11.4 Å². The average Bonchev–Trinajstić information content (AvgIpc) is 2.37. The lowest BCUT2D eigenvalue weighted by Crippen LogP contribution is -2.45. The van der Waals surface area contributed by atoms with E-state index in [0.717, 1.165) is 19.0 Å². The second-order valence-electron chi connectivity index (χ2n) is 5.62. The smallest absolute Gasteiger partial charge is 0.280 e. The van der Waals surface area contributed by atoms with Gasteiger partial charge in [0.05, 0.1) is 15.9 Å². The molecule has 0 spiro atoms. The molecule has 2 atom stereocenters. The van der Waals surface area contributed by atoms with Crippen LogP contribution in [0.25, 0.3) is 0 Å². The van der Waals surface area contributed by atoms with E-state index < -0.39 is 9.85 Å². The number of benzene rings is 1. The minimum absolute atomic E-state index is 0.0610. The minimum Gasteiger partial charge on any atom is -0.327 e. The molecule has 0 aliphatic carbocycles. The van der Waals surface area contributed by atoms with E-state index in [1.807, 2.05) is 0 Å². The van der Waals surface area contributed by atoms with Crippen LogP contribution in [0.15, 0.2) is 18.2 Å². The first-order valence-electron chi connectivity index (χ1n) is 6.76. The Balaban J connectivity index is 2.23. The maximum Gasteiger partial charge on any atom is 0.280 e. The molecule has 1 aliphatic heterocycles. The summed E-state index contributed by atoms with van der Waals surface area (Å²) in [6, 6.07) is 3.84. The van der Waals surface area contributed by atoms with Gasteiger partial charge in [0.2, 0.25) is 0 Å². The lowest BCUT2D eigenvalue weighted by molar-refractivity contribution is -0.394. The van der Waals surface area contributed by atoms with E-state index in [1.165, 1.54) is 12.1 Å². The molecule has 1 aliphatic rings. The van der Waals surface area contributed by atoms with Crippen molar-refractivity contribution in [3.63, 3.8) is 0 Å². The molecule has 1 aromatic carbocycles. The summed E-state index contributed by atoms with van der Waals surface area (Å²) in [4.78, 5) is 22.7. The van der Waals surface area contributed by atoms with E-state index in [4.69, 9.17) is 5.73 Å². The molecule has 114 valence electrons. The summed E-state index contributed by atoms with van der Waals surface area (Å²) < 4.78 is 0. The molecule has 2 rings (SSSR count). The molecule has 8 heteroatoms. The van der Waals surface area contributed by atoms with Crippen molar-refractivity contribution in [2.24, 2.45) is 11.7 Å². The van der Waals surface area contributed by atoms with Crippen LogP contribution < -0.4 is 5.73 Å². The number of rotatable bonds is 4. The van der Waals surface area contributed by atoms with Crippen LogP contribution in [0.4, 0.5) is 11.4 Å². The number of piperidine rings is 1. The largest absolute Gasteiger partial charge is 0.327 e. The number of non-ortho nitro benzene ring substituents is 1. The predicted molar refractivity (Wildman–Crippen MR) is 76.8 cm³/mol. The summed E-state index contributed by atoms with van der Waals surface area (Å²) >= 11 is 0. The first-order chi connectivity index (χ1) is 9.86. The Kier molecular flexibility index (Phi) is 4.49. The van der Waals surface area contributed by atoms with Crippen molar-refractivity contribution in [1.29, 1.82) is 0 Å². The van der Waals surface area contributed by atoms with E-state index in [2.05, 4.69) is 11.8 Å². The van der Waals surface area contributed by atoms with Crippen LogP contribution in [0.3, 0.4) is 0 Å². The quantitative estimate of drug-likeness (QED) is 0.667. The van der Waals surface area contributed by atoms with Crippen LogP contribution in [0.2, 0.25) is 0 Å². The Labute approximate surface area is 121 Å². The Morgan fingerprint density at radius 1 is 1.29 bits per heavy atom. The molecule has 1 saturated heterocycles. The summed E-state index contributed by atoms with van der Waals surface area (Å²) in [6.07, 6.45) is 0.943. The molecule has 0 amide bonds. The topological polar surface area (TPSA) is 116 Å². The highest BCUT2D eigenvalue weighted by Crippen LogP contribution is 2.27. The Hall–Kier alpha value is -2.06. The van der Waals surface area contributed by atoms with Crippen molar-refractivity contribution < 1.29 is 9.85 Å². The molecule has 21 heavy (non-hydrogen) atoms. The maximum absolute atomic E-state index is 11.1. The van der Waals surface area contributed by atoms with Gasteiger partial charge in [-0.15, -0.1) is 0 Å². The summed E-state index contributed by atoms with van der Waals surface area (Å²) in [5.74, 6) is 0.436. The van der Waals surface area contributed by atoms with E-state index in [0.29, 0.717) is 24.6 Å². The summed E-state index contributed by atoms with van der Waals surface area (Å²) in [6.45, 7) is 3.98. The number of hydrogen-bond donors (Lipinski definition) is 1. The molecule has 0 saturated carbocycles. The van der Waals surface area contributed by atoms with Gasteiger partial charge in [-0.2, -0.15) is 0 Å². The number of hydrogen-bond acceptors (Lipinski definition) is 6. The molecule has 1 aromatic rings. The van der Waals surface area contributed by atoms with Gasteiger partial charge in [0.15, 0.2) is 0 Å². The van der Waals surface area contributed by atoms with Crippen LogP contribution >= 0.6 is 0 Å². The van der Waals surface area contributed by atoms with Gasteiger partial charge >= 0.3 is 0 Å². The first-order valence-corrected chi connectivity index (χ1v) is 6.76. The molecule has 1 heterocycles. The maximum atomic E-state index is 11.1. The fourth-order valence-electron chi connectivity index (χ4n) is 2.85. The minimum atomic E-state index is -0.629. The van der Waals surface area contributed by atoms with Crippen molar-refractivity contribution in [2.45, 2.75) is 25.9 Å². The summed E-state index contributed by atoms with van der Waals surface area (Å²) in [5.41, 5.74) is 5.96. The molecular formula is C13H18N4O4. The lowest BCUT2D eigenvalue weighted by atomic mass is 9.96. The fourth-order valence-corrected chi connectivity index (χ4v) is 2.85. The van der Waals surface area contributed by atoms with Crippen LogP contribution in [-0.2, 0) is 6.54 Å². The summed E-state index contributed by atoms with van der Waals surface area (Å²) in [7, 11) is 0. The monoisotopic (exact) mass is 294 g/mol. The lowest BCUT2D eigenvalue weighted by Gasteiger charge is -2.34. The highest BCUT2D eigenvalue weighted by Gasteiger charge is 2.25. The van der Waals surface area contributed by atoms with Crippen LogP contribution in [0.1, 0.15) is 18.9 Å². The molecule has 8 nitrogen and oxygen atoms in total. The van der Waals surface area contributed by atoms with Gasteiger partial charge in [0.25, 0.3) is 11.4 Å². The Morgan fingerprint density at radius 3 is 2.57 bits per heavy atom. The third-order valence-electron chi connectivity index (χ3n) is 3.64. The van der Waals surface area contributed by atoms with E-state index in [9.17, 15) is 20.2 Å². The van der Waals surface area contributed by atoms with Crippen LogP contribution in [0, 0.1) is 26.1 Å². The summed E-state index contributed by atoms with van der Waals surface area (Å²) in [5, 5.41) is 21.8. The second kappa shape index (κ2) is 6.15. The number of nitro benzene ring substituents is 2. The van der Waals surface area contributed by atoms with Gasteiger partial charge in [0.1, 0.15) is 0 Å². The number of likely N-dealkylation sites (tertiary alicyclic amines) is 1. The van der Waals surface area contributed by atoms with Crippen molar-refractivity contribution in [3.8, 4) is 0 Å². The zero-order valence-corrected chi connectivity index (χ0v) is 11.8. The van der Waals surface area contributed by atoms with Crippen LogP contribution in [-0.4, -0.2) is 33.9 Å². The Morgan fingerprint density at radius 2 is 2.00 bits per heavy atom.